The molecule has 1 amide bonds. The zero-order chi connectivity index (χ0) is 21.8. The first-order chi connectivity index (χ1) is 15.6. The van der Waals surface area contributed by atoms with Crippen molar-refractivity contribution in [3.8, 4) is 17.1 Å². The molecule has 2 fully saturated rings. The zero-order valence-corrected chi connectivity index (χ0v) is 17.7. The van der Waals surface area contributed by atoms with Crippen molar-refractivity contribution in [2.45, 2.75) is 32.3 Å². The molecule has 2 N–H and O–H groups in total. The Morgan fingerprint density at radius 3 is 2.84 bits per heavy atom. The molecule has 32 heavy (non-hydrogen) atoms. The molecule has 0 unspecified atom stereocenters. The molecule has 4 heterocycles. The van der Waals surface area contributed by atoms with Crippen molar-refractivity contribution in [2.24, 2.45) is 11.8 Å². The van der Waals surface area contributed by atoms with Gasteiger partial charge in [0.1, 0.15) is 11.3 Å². The highest BCUT2D eigenvalue weighted by atomic mass is 16.5. The van der Waals surface area contributed by atoms with Gasteiger partial charge in [-0.3, -0.25) is 4.79 Å². The second-order valence-corrected chi connectivity index (χ2v) is 8.49. The summed E-state index contributed by atoms with van der Waals surface area (Å²) in [5, 5.41) is 19.8. The minimum absolute atomic E-state index is 0.0235. The molecule has 4 aromatic heterocycles. The van der Waals surface area contributed by atoms with Crippen molar-refractivity contribution < 1.29 is 9.53 Å². The Kier molecular flexibility index (Phi) is 4.20. The van der Waals surface area contributed by atoms with Gasteiger partial charge in [-0.2, -0.15) is 0 Å². The fourth-order valence-electron chi connectivity index (χ4n) is 3.79. The number of carbonyl (C=O) groups excluding carboxylic acids is 1. The molecule has 10 heteroatoms. The van der Waals surface area contributed by atoms with E-state index in [-0.39, 0.29) is 11.8 Å². The predicted octanol–water partition coefficient (Wildman–Crippen LogP) is 2.91. The van der Waals surface area contributed by atoms with Gasteiger partial charge in [-0.1, -0.05) is 6.92 Å². The molecule has 0 aliphatic heterocycles. The van der Waals surface area contributed by atoms with E-state index < -0.39 is 0 Å². The van der Waals surface area contributed by atoms with E-state index in [1.807, 2.05) is 18.3 Å². The average Bonchev–Trinajstić information content (AvgIpc) is 3.71. The van der Waals surface area contributed by atoms with Crippen LogP contribution in [-0.2, 0) is 4.79 Å². The normalized spacial score (nSPS) is 19.8. The Morgan fingerprint density at radius 2 is 2.09 bits per heavy atom. The fraction of sp³-hybridized carbons (Fsp3) is 0.364. The van der Waals surface area contributed by atoms with E-state index in [4.69, 9.17) is 4.74 Å². The van der Waals surface area contributed by atoms with Crippen molar-refractivity contribution in [3.05, 3.63) is 30.6 Å². The van der Waals surface area contributed by atoms with Gasteiger partial charge in [-0.25, -0.2) is 14.5 Å². The summed E-state index contributed by atoms with van der Waals surface area (Å²) in [6.45, 7) is 2.06. The van der Waals surface area contributed by atoms with Crippen LogP contribution in [0.5, 0.6) is 5.75 Å². The van der Waals surface area contributed by atoms with Gasteiger partial charge in [0.25, 0.3) is 0 Å². The number of nitrogens with one attached hydrogen (secondary N) is 2. The highest BCUT2D eigenvalue weighted by molar-refractivity contribution is 6.01. The minimum Gasteiger partial charge on any atom is -0.489 e. The van der Waals surface area contributed by atoms with Crippen LogP contribution < -0.4 is 15.4 Å². The van der Waals surface area contributed by atoms with Crippen LogP contribution in [-0.4, -0.2) is 48.8 Å². The van der Waals surface area contributed by atoms with Crippen LogP contribution in [0, 0.1) is 11.8 Å². The number of aromatic nitrogens is 6. The molecule has 0 aromatic carbocycles. The van der Waals surface area contributed by atoms with Crippen molar-refractivity contribution in [3.63, 3.8) is 0 Å². The first kappa shape index (κ1) is 18.9. The van der Waals surface area contributed by atoms with Gasteiger partial charge in [0.15, 0.2) is 23.1 Å². The molecule has 162 valence electrons. The monoisotopic (exact) mass is 430 g/mol. The van der Waals surface area contributed by atoms with Crippen molar-refractivity contribution in [2.75, 3.05) is 17.7 Å². The zero-order valence-electron chi connectivity index (χ0n) is 17.7. The molecule has 0 radical (unpaired) electrons. The number of carbonyl (C=O) groups is 1. The van der Waals surface area contributed by atoms with Crippen LogP contribution in [0.3, 0.4) is 0 Å². The van der Waals surface area contributed by atoms with Gasteiger partial charge in [0.2, 0.25) is 5.91 Å². The smallest absolute Gasteiger partial charge is 0.228 e. The topological polar surface area (TPSA) is 119 Å². The van der Waals surface area contributed by atoms with E-state index in [1.54, 1.807) is 23.8 Å². The van der Waals surface area contributed by atoms with Gasteiger partial charge in [-0.05, 0) is 43.4 Å². The SMILES string of the molecule is CNc1ncc(-c2nc3ccc(OC4CC4)cn3n2)c2cc(NC(=O)[C@H]3C[C@H]3C)nnc12. The van der Waals surface area contributed by atoms with Crippen LogP contribution in [0.2, 0.25) is 0 Å². The molecule has 10 nitrogen and oxygen atoms in total. The maximum atomic E-state index is 12.4. The molecular formula is C22H22N8O2. The highest BCUT2D eigenvalue weighted by Gasteiger charge is 2.39. The molecule has 2 aliphatic rings. The number of hydrogen-bond donors (Lipinski definition) is 2. The Hall–Kier alpha value is -3.82. The molecule has 6 rings (SSSR count). The van der Waals surface area contributed by atoms with E-state index in [9.17, 15) is 4.79 Å². The summed E-state index contributed by atoms with van der Waals surface area (Å²) in [4.78, 5) is 21.5. The van der Waals surface area contributed by atoms with Crippen LogP contribution in [0.25, 0.3) is 27.9 Å². The summed E-state index contributed by atoms with van der Waals surface area (Å²) >= 11 is 0. The number of pyridine rings is 2. The second kappa shape index (κ2) is 7.11. The Morgan fingerprint density at radius 1 is 1.25 bits per heavy atom. The number of amides is 1. The lowest BCUT2D eigenvalue weighted by Gasteiger charge is -2.09. The summed E-state index contributed by atoms with van der Waals surface area (Å²) in [7, 11) is 1.78. The predicted molar refractivity (Wildman–Crippen MR) is 118 cm³/mol. The first-order valence-corrected chi connectivity index (χ1v) is 10.8. The molecule has 2 saturated carbocycles. The lowest BCUT2D eigenvalue weighted by molar-refractivity contribution is -0.117. The number of rotatable bonds is 6. The van der Waals surface area contributed by atoms with Crippen LogP contribution in [0.4, 0.5) is 11.6 Å². The molecule has 0 saturated heterocycles. The van der Waals surface area contributed by atoms with Gasteiger partial charge in [0.05, 0.1) is 12.3 Å². The van der Waals surface area contributed by atoms with Crippen LogP contribution >= 0.6 is 0 Å². The highest BCUT2D eigenvalue weighted by Crippen LogP contribution is 2.38. The van der Waals surface area contributed by atoms with E-state index in [1.165, 1.54) is 0 Å². The lowest BCUT2D eigenvalue weighted by atomic mass is 10.1. The summed E-state index contributed by atoms with van der Waals surface area (Å²) in [5.74, 6) is 2.71. The van der Waals surface area contributed by atoms with E-state index in [0.29, 0.717) is 46.2 Å². The molecule has 0 spiro atoms. The van der Waals surface area contributed by atoms with E-state index >= 15 is 0 Å². The minimum atomic E-state index is -0.0235. The van der Waals surface area contributed by atoms with Gasteiger partial charge in [0, 0.05) is 30.1 Å². The van der Waals surface area contributed by atoms with Crippen molar-refractivity contribution >= 4 is 34.1 Å². The lowest BCUT2D eigenvalue weighted by Crippen LogP contribution is -2.16. The van der Waals surface area contributed by atoms with Crippen molar-refractivity contribution in [1.82, 2.24) is 29.8 Å². The maximum Gasteiger partial charge on any atom is 0.228 e. The van der Waals surface area contributed by atoms with E-state index in [0.717, 1.165) is 30.4 Å². The number of hydrogen-bond acceptors (Lipinski definition) is 8. The standard InChI is InChI=1S/C22H22N8O2/c1-11-7-14(11)22(31)25-17-8-15-16(9-24-21(23-2)19(15)28-27-17)20-26-18-6-5-13(10-30(18)29-20)32-12-3-4-12/h5-6,8-12,14H,3-4,7H2,1-2H3,(H,23,24)(H,25,27,31)/t11-,14+/m1/s1. The van der Waals surface area contributed by atoms with Crippen LogP contribution in [0.15, 0.2) is 30.6 Å². The summed E-state index contributed by atoms with van der Waals surface area (Å²) in [6.07, 6.45) is 6.95. The Labute approximate surface area is 183 Å². The number of anilines is 2. The molecule has 2 aliphatic carbocycles. The molecule has 0 bridgehead atoms. The number of nitrogens with zero attached hydrogens (tertiary/aromatic N) is 6. The summed E-state index contributed by atoms with van der Waals surface area (Å²) < 4.78 is 7.57. The molecule has 2 atom stereocenters. The third kappa shape index (κ3) is 3.37. The Bertz CT molecular complexity index is 1360. The second-order valence-electron chi connectivity index (χ2n) is 8.49. The molecular weight excluding hydrogens is 408 g/mol. The van der Waals surface area contributed by atoms with Gasteiger partial charge in [-0.15, -0.1) is 15.3 Å². The quantitative estimate of drug-likeness (QED) is 0.479. The molecule has 4 aromatic rings. The summed E-state index contributed by atoms with van der Waals surface area (Å²) in [6, 6.07) is 5.59. The average molecular weight is 430 g/mol. The third-order valence-electron chi connectivity index (χ3n) is 5.94. The fourth-order valence-corrected chi connectivity index (χ4v) is 3.79. The number of fused-ring (bicyclic) bond motifs is 2. The maximum absolute atomic E-state index is 12.4. The number of ether oxygens (including phenoxy) is 1. The summed E-state index contributed by atoms with van der Waals surface area (Å²) in [5.41, 5.74) is 1.99. The van der Waals surface area contributed by atoms with E-state index in [2.05, 4.69) is 42.8 Å². The Balaban J connectivity index is 1.41. The van der Waals surface area contributed by atoms with Gasteiger partial charge < -0.3 is 15.4 Å². The first-order valence-electron chi connectivity index (χ1n) is 10.8. The van der Waals surface area contributed by atoms with Gasteiger partial charge >= 0.3 is 0 Å². The van der Waals surface area contributed by atoms with Crippen LogP contribution in [0.1, 0.15) is 26.2 Å². The largest absolute Gasteiger partial charge is 0.489 e. The third-order valence-corrected chi connectivity index (χ3v) is 5.94. The van der Waals surface area contributed by atoms with Crippen molar-refractivity contribution in [1.29, 1.82) is 0 Å².